The average molecular weight is 280 g/mol. The van der Waals surface area contributed by atoms with Crippen molar-refractivity contribution in [1.82, 2.24) is 0 Å². The monoisotopic (exact) mass is 280 g/mol. The number of carboxylic acid groups (broad SMARTS) is 2. The van der Waals surface area contributed by atoms with Gasteiger partial charge in [0.05, 0.1) is 31.4 Å². The molecule has 3 aliphatic rings. The number of carbonyl (C=O) groups is 2. The molecular weight excluding hydrogens is 264 g/mol. The molecule has 4 atom stereocenters. The zero-order valence-corrected chi connectivity index (χ0v) is 11.0. The minimum Gasteiger partial charge on any atom is -0.550 e. The summed E-state index contributed by atoms with van der Waals surface area (Å²) in [4.78, 5) is 23.6. The largest absolute Gasteiger partial charge is 0.550 e. The van der Waals surface area contributed by atoms with Crippen LogP contribution in [0.4, 0.5) is 0 Å². The van der Waals surface area contributed by atoms with Gasteiger partial charge >= 0.3 is 0 Å². The van der Waals surface area contributed by atoms with Crippen molar-refractivity contribution in [2.45, 2.75) is 37.9 Å². The normalized spacial score (nSPS) is 42.2. The maximum atomic E-state index is 11.8. The number of ether oxygens (including phenoxy) is 2. The summed E-state index contributed by atoms with van der Waals surface area (Å²) in [5, 5.41) is 23.6. The summed E-state index contributed by atoms with van der Waals surface area (Å²) in [5.74, 6) is -2.70. The second-order valence-electron chi connectivity index (χ2n) is 5.89. The van der Waals surface area contributed by atoms with E-state index in [0.717, 1.165) is 0 Å². The van der Waals surface area contributed by atoms with Gasteiger partial charge in [-0.1, -0.05) is 12.2 Å². The van der Waals surface area contributed by atoms with Crippen molar-refractivity contribution in [2.75, 3.05) is 13.2 Å². The molecule has 0 aromatic heterocycles. The summed E-state index contributed by atoms with van der Waals surface area (Å²) in [7, 11) is 0. The first-order valence-electron chi connectivity index (χ1n) is 6.84. The lowest BCUT2D eigenvalue weighted by Crippen LogP contribution is -2.61. The first-order chi connectivity index (χ1) is 9.50. The molecule has 0 amide bonds. The van der Waals surface area contributed by atoms with E-state index in [0.29, 0.717) is 19.6 Å². The second kappa shape index (κ2) is 4.56. The summed E-state index contributed by atoms with van der Waals surface area (Å²) in [6.45, 7) is 0.938. The van der Waals surface area contributed by atoms with Gasteiger partial charge in [-0.15, -0.1) is 0 Å². The van der Waals surface area contributed by atoms with Crippen molar-refractivity contribution >= 4 is 11.9 Å². The molecule has 6 nitrogen and oxygen atoms in total. The SMILES string of the molecule is O=C([O-])C1(CC2CO2)C=CCCC1(CC1CO1)C(=O)[O-]. The fraction of sp³-hybridized carbons (Fsp3) is 0.714. The molecule has 0 spiro atoms. The average Bonchev–Trinajstić information content (AvgIpc) is 3.26. The molecule has 0 bridgehead atoms. The molecule has 1 aliphatic carbocycles. The molecule has 0 N–H and O–H groups in total. The van der Waals surface area contributed by atoms with Crippen LogP contribution >= 0.6 is 0 Å². The zero-order chi connectivity index (χ0) is 14.4. The Morgan fingerprint density at radius 3 is 2.20 bits per heavy atom. The van der Waals surface area contributed by atoms with Crippen LogP contribution in [-0.4, -0.2) is 37.4 Å². The predicted molar refractivity (Wildman–Crippen MR) is 62.0 cm³/mol. The summed E-state index contributed by atoms with van der Waals surface area (Å²) >= 11 is 0. The van der Waals surface area contributed by atoms with Gasteiger partial charge in [0.25, 0.3) is 0 Å². The fourth-order valence-electron chi connectivity index (χ4n) is 3.38. The molecule has 0 aromatic carbocycles. The highest BCUT2D eigenvalue weighted by atomic mass is 16.6. The lowest BCUT2D eigenvalue weighted by molar-refractivity contribution is -0.344. The van der Waals surface area contributed by atoms with Crippen LogP contribution in [-0.2, 0) is 19.1 Å². The van der Waals surface area contributed by atoms with Crippen LogP contribution in [0.2, 0.25) is 0 Å². The Bertz CT molecular complexity index is 464. The third-order valence-electron chi connectivity index (χ3n) is 4.68. The van der Waals surface area contributed by atoms with E-state index in [1.54, 1.807) is 6.08 Å². The fourth-order valence-corrected chi connectivity index (χ4v) is 3.38. The first-order valence-corrected chi connectivity index (χ1v) is 6.84. The summed E-state index contributed by atoms with van der Waals surface area (Å²) in [5.41, 5.74) is -3.05. The van der Waals surface area contributed by atoms with E-state index in [1.165, 1.54) is 6.08 Å². The molecule has 2 aliphatic heterocycles. The molecular formula is C14H16O6-2. The van der Waals surface area contributed by atoms with Crippen molar-refractivity contribution in [3.8, 4) is 0 Å². The Labute approximate surface area is 116 Å². The number of allylic oxidation sites excluding steroid dienone is 1. The van der Waals surface area contributed by atoms with E-state index in [2.05, 4.69) is 0 Å². The van der Waals surface area contributed by atoms with Gasteiger partial charge in [-0.2, -0.15) is 0 Å². The highest BCUT2D eigenvalue weighted by Gasteiger charge is 2.57. The minimum atomic E-state index is -1.57. The van der Waals surface area contributed by atoms with Gasteiger partial charge in [0.2, 0.25) is 0 Å². The third kappa shape index (κ3) is 2.03. The van der Waals surface area contributed by atoms with Crippen molar-refractivity contribution in [3.05, 3.63) is 12.2 Å². The van der Waals surface area contributed by atoms with E-state index < -0.39 is 22.8 Å². The van der Waals surface area contributed by atoms with Crippen molar-refractivity contribution < 1.29 is 29.3 Å². The predicted octanol–water partition coefficient (Wildman–Crippen LogP) is -1.61. The zero-order valence-electron chi connectivity index (χ0n) is 11.0. The van der Waals surface area contributed by atoms with Crippen LogP contribution in [0.3, 0.4) is 0 Å². The van der Waals surface area contributed by atoms with Crippen LogP contribution in [0, 0.1) is 10.8 Å². The van der Waals surface area contributed by atoms with Gasteiger partial charge in [0, 0.05) is 16.8 Å². The topological polar surface area (TPSA) is 105 Å². The molecule has 110 valence electrons. The first kappa shape index (κ1) is 13.6. The van der Waals surface area contributed by atoms with E-state index >= 15 is 0 Å². The Morgan fingerprint density at radius 2 is 1.70 bits per heavy atom. The Morgan fingerprint density at radius 1 is 1.10 bits per heavy atom. The van der Waals surface area contributed by atoms with Gasteiger partial charge < -0.3 is 29.3 Å². The van der Waals surface area contributed by atoms with Crippen LogP contribution in [0.15, 0.2) is 12.2 Å². The van der Waals surface area contributed by atoms with Crippen molar-refractivity contribution in [2.24, 2.45) is 10.8 Å². The molecule has 6 heteroatoms. The van der Waals surface area contributed by atoms with Gasteiger partial charge in [-0.05, 0) is 25.7 Å². The highest BCUT2D eigenvalue weighted by Crippen LogP contribution is 2.55. The van der Waals surface area contributed by atoms with Gasteiger partial charge in [-0.3, -0.25) is 0 Å². The maximum Gasteiger partial charge on any atom is 0.0822 e. The van der Waals surface area contributed by atoms with Crippen molar-refractivity contribution in [1.29, 1.82) is 0 Å². The third-order valence-corrected chi connectivity index (χ3v) is 4.68. The molecule has 0 saturated carbocycles. The number of hydrogen-bond donors (Lipinski definition) is 0. The number of hydrogen-bond acceptors (Lipinski definition) is 6. The van der Waals surface area contributed by atoms with E-state index in [1.807, 2.05) is 0 Å². The molecule has 3 rings (SSSR count). The summed E-state index contributed by atoms with van der Waals surface area (Å²) in [6, 6.07) is 0. The molecule has 2 saturated heterocycles. The molecule has 0 aromatic rings. The molecule has 4 unspecified atom stereocenters. The number of epoxide rings is 2. The highest BCUT2D eigenvalue weighted by molar-refractivity contribution is 5.87. The maximum absolute atomic E-state index is 11.8. The number of aliphatic carboxylic acids is 2. The Balaban J connectivity index is 2.03. The Kier molecular flexibility index (Phi) is 3.10. The second-order valence-corrected chi connectivity index (χ2v) is 5.89. The quantitative estimate of drug-likeness (QED) is 0.428. The van der Waals surface area contributed by atoms with Crippen LogP contribution < -0.4 is 10.2 Å². The van der Waals surface area contributed by atoms with Gasteiger partial charge in [0.1, 0.15) is 0 Å². The Hall–Kier alpha value is -1.40. The number of rotatable bonds is 6. The summed E-state index contributed by atoms with van der Waals surface area (Å²) < 4.78 is 10.2. The molecule has 2 fully saturated rings. The number of carboxylic acids is 2. The minimum absolute atomic E-state index is 0.118. The van der Waals surface area contributed by atoms with Crippen LogP contribution in [0.5, 0.6) is 0 Å². The van der Waals surface area contributed by atoms with Gasteiger partial charge in [-0.25, -0.2) is 0 Å². The summed E-state index contributed by atoms with van der Waals surface area (Å²) in [6.07, 6.45) is 3.80. The van der Waals surface area contributed by atoms with E-state index in [9.17, 15) is 19.8 Å². The molecule has 20 heavy (non-hydrogen) atoms. The van der Waals surface area contributed by atoms with E-state index in [4.69, 9.17) is 9.47 Å². The lowest BCUT2D eigenvalue weighted by Gasteiger charge is -2.52. The van der Waals surface area contributed by atoms with E-state index in [-0.39, 0.29) is 31.5 Å². The van der Waals surface area contributed by atoms with Crippen molar-refractivity contribution in [3.63, 3.8) is 0 Å². The standard InChI is InChI=1S/C14H18O6/c15-11(16)13(5-9-7-19-9)3-1-2-4-14(13,12(17)18)6-10-8-20-10/h1,3,9-10H,2,4-8H2,(H,15,16)(H,17,18)/p-2. The number of carbonyl (C=O) groups excluding carboxylic acids is 2. The van der Waals surface area contributed by atoms with Crippen LogP contribution in [0.25, 0.3) is 0 Å². The van der Waals surface area contributed by atoms with Crippen LogP contribution in [0.1, 0.15) is 25.7 Å². The lowest BCUT2D eigenvalue weighted by atomic mass is 9.55. The smallest absolute Gasteiger partial charge is 0.0822 e. The van der Waals surface area contributed by atoms with Gasteiger partial charge in [0.15, 0.2) is 0 Å². The molecule has 0 radical (unpaired) electrons. The molecule has 2 heterocycles.